The maximum absolute atomic E-state index is 10.6. The van der Waals surface area contributed by atoms with Gasteiger partial charge in [0.05, 0.1) is 13.2 Å². The molecule has 0 saturated carbocycles. The Morgan fingerprint density at radius 1 is 1.04 bits per heavy atom. The Bertz CT molecular complexity index is 900. The van der Waals surface area contributed by atoms with Crippen molar-refractivity contribution in [1.29, 1.82) is 0 Å². The van der Waals surface area contributed by atoms with Crippen LogP contribution in [0.15, 0.2) is 42.5 Å². The van der Waals surface area contributed by atoms with Crippen molar-refractivity contribution >= 4 is 0 Å². The van der Waals surface area contributed by atoms with E-state index in [0.717, 1.165) is 22.3 Å². The van der Waals surface area contributed by atoms with Crippen LogP contribution < -0.4 is 0 Å². The standard InChI is InChI=1S/C22H22O6/c1-2-13-3-5-14(6-4-13)9-15-7-8-16-12-27-22(17(16)10-15)21(26)20(25)19(24)18(11-23)28-22/h1,3-8,10,18-21,23-26H,9,11-12H2/t18-,19-,20+,21-,22?/m1/s1. The van der Waals surface area contributed by atoms with Crippen LogP contribution >= 0.6 is 0 Å². The molecule has 0 radical (unpaired) electrons. The van der Waals surface area contributed by atoms with Gasteiger partial charge in [0.1, 0.15) is 24.4 Å². The van der Waals surface area contributed by atoms with Gasteiger partial charge in [0.25, 0.3) is 0 Å². The predicted molar refractivity (Wildman–Crippen MR) is 100 cm³/mol. The van der Waals surface area contributed by atoms with Gasteiger partial charge in [-0.3, -0.25) is 0 Å². The highest BCUT2D eigenvalue weighted by Gasteiger charge is 2.58. The molecule has 0 bridgehead atoms. The van der Waals surface area contributed by atoms with E-state index in [0.29, 0.717) is 12.0 Å². The molecule has 2 heterocycles. The molecule has 1 unspecified atom stereocenters. The van der Waals surface area contributed by atoms with Crippen LogP contribution in [0.1, 0.15) is 27.8 Å². The van der Waals surface area contributed by atoms with E-state index in [1.54, 1.807) is 0 Å². The summed E-state index contributed by atoms with van der Waals surface area (Å²) in [5, 5.41) is 40.4. The number of hydrogen-bond donors (Lipinski definition) is 4. The number of aliphatic hydroxyl groups excluding tert-OH is 4. The maximum Gasteiger partial charge on any atom is 0.225 e. The second kappa shape index (κ2) is 7.30. The van der Waals surface area contributed by atoms with E-state index < -0.39 is 36.8 Å². The van der Waals surface area contributed by atoms with E-state index in [2.05, 4.69) is 5.92 Å². The number of benzene rings is 2. The highest BCUT2D eigenvalue weighted by atomic mass is 16.7. The van der Waals surface area contributed by atoms with Crippen molar-refractivity contribution in [1.82, 2.24) is 0 Å². The van der Waals surface area contributed by atoms with E-state index in [1.165, 1.54) is 0 Å². The SMILES string of the molecule is C#Cc1ccc(Cc2ccc3c(c2)C2(OC3)O[C@H](CO)[C@@H](O)[C@H](O)[C@H]2O)cc1. The highest BCUT2D eigenvalue weighted by molar-refractivity contribution is 5.42. The van der Waals surface area contributed by atoms with E-state index in [9.17, 15) is 20.4 Å². The Kier molecular flexibility index (Phi) is 4.98. The average Bonchev–Trinajstić information content (AvgIpc) is 3.08. The Hall–Kier alpha value is -2.24. The molecule has 4 N–H and O–H groups in total. The fourth-order valence-electron chi connectivity index (χ4n) is 3.88. The summed E-state index contributed by atoms with van der Waals surface area (Å²) < 4.78 is 11.6. The van der Waals surface area contributed by atoms with E-state index in [1.807, 2.05) is 42.5 Å². The smallest absolute Gasteiger partial charge is 0.225 e. The first-order valence-electron chi connectivity index (χ1n) is 9.13. The fourth-order valence-corrected chi connectivity index (χ4v) is 3.88. The zero-order valence-corrected chi connectivity index (χ0v) is 15.2. The maximum atomic E-state index is 10.6. The molecule has 146 valence electrons. The molecule has 2 aromatic rings. The number of ether oxygens (including phenoxy) is 2. The third kappa shape index (κ3) is 3.03. The zero-order valence-electron chi connectivity index (χ0n) is 15.2. The fraction of sp³-hybridized carbons (Fsp3) is 0.364. The number of rotatable bonds is 3. The first-order chi connectivity index (χ1) is 13.5. The minimum Gasteiger partial charge on any atom is -0.394 e. The molecule has 2 aromatic carbocycles. The molecule has 5 atom stereocenters. The lowest BCUT2D eigenvalue weighted by atomic mass is 9.86. The predicted octanol–water partition coefficient (Wildman–Crippen LogP) is 0.415. The topological polar surface area (TPSA) is 99.4 Å². The van der Waals surface area contributed by atoms with Gasteiger partial charge in [0.15, 0.2) is 0 Å². The van der Waals surface area contributed by atoms with Gasteiger partial charge in [-0.15, -0.1) is 6.42 Å². The van der Waals surface area contributed by atoms with Crippen LogP contribution in [0.5, 0.6) is 0 Å². The molecule has 0 aromatic heterocycles. The molecule has 0 amide bonds. The summed E-state index contributed by atoms with van der Waals surface area (Å²) in [5.41, 5.74) is 4.27. The summed E-state index contributed by atoms with van der Waals surface area (Å²) in [6.07, 6.45) is 0.566. The van der Waals surface area contributed by atoms with Crippen LogP contribution in [-0.2, 0) is 28.3 Å². The van der Waals surface area contributed by atoms with Crippen LogP contribution in [0.2, 0.25) is 0 Å². The summed E-state index contributed by atoms with van der Waals surface area (Å²) in [5.74, 6) is 0.967. The molecule has 1 fully saturated rings. The first-order valence-corrected chi connectivity index (χ1v) is 9.13. The largest absolute Gasteiger partial charge is 0.394 e. The lowest BCUT2D eigenvalue weighted by Gasteiger charge is -2.46. The number of hydrogen-bond acceptors (Lipinski definition) is 6. The number of aliphatic hydroxyl groups is 4. The van der Waals surface area contributed by atoms with Crippen LogP contribution in [0.25, 0.3) is 0 Å². The van der Waals surface area contributed by atoms with Crippen molar-refractivity contribution in [3.63, 3.8) is 0 Å². The van der Waals surface area contributed by atoms with Gasteiger partial charge in [0.2, 0.25) is 5.79 Å². The molecular weight excluding hydrogens is 360 g/mol. The van der Waals surface area contributed by atoms with Gasteiger partial charge in [-0.2, -0.15) is 0 Å². The average molecular weight is 382 g/mol. The molecule has 28 heavy (non-hydrogen) atoms. The molecule has 2 aliphatic rings. The zero-order chi connectivity index (χ0) is 19.9. The van der Waals surface area contributed by atoms with Crippen molar-refractivity contribution in [2.24, 2.45) is 0 Å². The molecule has 4 rings (SSSR count). The number of terminal acetylenes is 1. The summed E-state index contributed by atoms with van der Waals surface area (Å²) >= 11 is 0. The highest BCUT2D eigenvalue weighted by Crippen LogP contribution is 2.46. The lowest BCUT2D eigenvalue weighted by molar-refractivity contribution is -0.368. The van der Waals surface area contributed by atoms with Crippen molar-refractivity contribution < 1.29 is 29.9 Å². The quantitative estimate of drug-likeness (QED) is 0.574. The third-order valence-electron chi connectivity index (χ3n) is 5.47. The Morgan fingerprint density at radius 2 is 1.75 bits per heavy atom. The van der Waals surface area contributed by atoms with Gasteiger partial charge in [-0.1, -0.05) is 30.2 Å². The molecule has 6 nitrogen and oxygen atoms in total. The van der Waals surface area contributed by atoms with E-state index in [-0.39, 0.29) is 6.61 Å². The van der Waals surface area contributed by atoms with Gasteiger partial charge in [-0.25, -0.2) is 0 Å². The van der Waals surface area contributed by atoms with Crippen LogP contribution in [-0.4, -0.2) is 51.4 Å². The second-order valence-corrected chi connectivity index (χ2v) is 7.23. The minimum atomic E-state index is -1.62. The summed E-state index contributed by atoms with van der Waals surface area (Å²) in [7, 11) is 0. The van der Waals surface area contributed by atoms with Gasteiger partial charge in [-0.05, 0) is 41.3 Å². The summed E-state index contributed by atoms with van der Waals surface area (Å²) in [6.45, 7) is -0.308. The van der Waals surface area contributed by atoms with Crippen molar-refractivity contribution in [3.05, 3.63) is 70.3 Å². The molecule has 0 aliphatic carbocycles. The molecule has 1 saturated heterocycles. The summed E-state index contributed by atoms with van der Waals surface area (Å²) in [6, 6.07) is 13.4. The van der Waals surface area contributed by atoms with E-state index >= 15 is 0 Å². The van der Waals surface area contributed by atoms with Gasteiger partial charge >= 0.3 is 0 Å². The molecule has 2 aliphatic heterocycles. The van der Waals surface area contributed by atoms with Crippen LogP contribution in [0.4, 0.5) is 0 Å². The van der Waals surface area contributed by atoms with Crippen molar-refractivity contribution in [3.8, 4) is 12.3 Å². The normalized spacial score (nSPS) is 31.5. The molecule has 6 heteroatoms. The first kappa shape index (κ1) is 19.1. The Balaban J connectivity index is 1.67. The Morgan fingerprint density at radius 3 is 2.43 bits per heavy atom. The minimum absolute atomic E-state index is 0.199. The third-order valence-corrected chi connectivity index (χ3v) is 5.47. The molecule has 1 spiro atoms. The van der Waals surface area contributed by atoms with Gasteiger partial charge < -0.3 is 29.9 Å². The van der Waals surface area contributed by atoms with Crippen LogP contribution in [0, 0.1) is 12.3 Å². The lowest BCUT2D eigenvalue weighted by Crippen LogP contribution is -2.63. The monoisotopic (exact) mass is 382 g/mol. The second-order valence-electron chi connectivity index (χ2n) is 7.23. The van der Waals surface area contributed by atoms with Gasteiger partial charge in [0, 0.05) is 11.1 Å². The van der Waals surface area contributed by atoms with E-state index in [4.69, 9.17) is 15.9 Å². The van der Waals surface area contributed by atoms with Crippen LogP contribution in [0.3, 0.4) is 0 Å². The number of fused-ring (bicyclic) bond motifs is 2. The Labute approximate surface area is 163 Å². The van der Waals surface area contributed by atoms with Crippen molar-refractivity contribution in [2.45, 2.75) is 43.2 Å². The van der Waals surface area contributed by atoms with Crippen molar-refractivity contribution in [2.75, 3.05) is 6.61 Å². The molecular formula is C22H22O6. The summed E-state index contributed by atoms with van der Waals surface area (Å²) in [4.78, 5) is 0.